The van der Waals surface area contributed by atoms with Gasteiger partial charge in [0, 0.05) is 27.9 Å². The molecule has 0 saturated carbocycles. The normalized spacial score (nSPS) is 11.6. The molecule has 0 saturated heterocycles. The highest BCUT2D eigenvalue weighted by molar-refractivity contribution is 8.00. The molecule has 0 aliphatic heterocycles. The minimum absolute atomic E-state index is 0.105. The third kappa shape index (κ3) is 8.88. The zero-order valence-electron chi connectivity index (χ0n) is 23.9. The topological polar surface area (TPSA) is 168 Å². The van der Waals surface area contributed by atoms with Gasteiger partial charge in [0.2, 0.25) is 5.91 Å². The van der Waals surface area contributed by atoms with Crippen molar-refractivity contribution in [2.45, 2.75) is 23.5 Å². The van der Waals surface area contributed by atoms with Gasteiger partial charge in [0.1, 0.15) is 5.70 Å². The number of hydrogen-bond acceptors (Lipinski definition) is 7. The van der Waals surface area contributed by atoms with Gasteiger partial charge >= 0.3 is 5.97 Å². The fourth-order valence-corrected chi connectivity index (χ4v) is 5.14. The fourth-order valence-electron chi connectivity index (χ4n) is 4.12. The van der Waals surface area contributed by atoms with Crippen molar-refractivity contribution < 1.29 is 29.2 Å². The lowest BCUT2D eigenvalue weighted by atomic mass is 10.1. The summed E-state index contributed by atoms with van der Waals surface area (Å²) in [7, 11) is 0. The largest absolute Gasteiger partial charge is 0.478 e. The number of hydrogen-bond donors (Lipinski definition) is 4. The Balaban J connectivity index is 1.52. The maximum absolute atomic E-state index is 13.5. The third-order valence-electron chi connectivity index (χ3n) is 6.39. The van der Waals surface area contributed by atoms with Crippen LogP contribution in [0.25, 0.3) is 6.08 Å². The SMILES string of the molecule is CCC(Sc1cccc(NC(=O)/C(=C\c2ccccc2[N+](=O)[O-])NC(=O)c2ccccc2)c1)C(=O)Nc1ccc(C(=O)O)cc1. The maximum Gasteiger partial charge on any atom is 0.335 e. The minimum atomic E-state index is -1.07. The molecule has 0 aromatic heterocycles. The highest BCUT2D eigenvalue weighted by atomic mass is 32.2. The monoisotopic (exact) mass is 624 g/mol. The van der Waals surface area contributed by atoms with E-state index in [-0.39, 0.29) is 28.4 Å². The molecule has 4 aromatic carbocycles. The lowest BCUT2D eigenvalue weighted by Gasteiger charge is -2.16. The zero-order valence-corrected chi connectivity index (χ0v) is 24.7. The van der Waals surface area contributed by atoms with E-state index < -0.39 is 28.0 Å². The van der Waals surface area contributed by atoms with Crippen molar-refractivity contribution in [2.24, 2.45) is 0 Å². The number of nitrogens with one attached hydrogen (secondary N) is 3. The second-order valence-corrected chi connectivity index (χ2v) is 10.8. The standard InChI is InChI=1S/C33H28N4O7S/c1-2-29(32(40)34-24-17-15-22(16-18-24)33(41)42)45-26-13-8-12-25(20-26)35-31(39)27(36-30(38)21-9-4-3-5-10-21)19-23-11-6-7-14-28(23)37(43)44/h3-20,29H,2H2,1H3,(H,34,40)(H,35,39)(H,36,38)(H,41,42)/b27-19+. The maximum atomic E-state index is 13.5. The Kier molecular flexibility index (Phi) is 10.8. The summed E-state index contributed by atoms with van der Waals surface area (Å²) in [6, 6.07) is 26.7. The van der Waals surface area contributed by atoms with Gasteiger partial charge in [-0.25, -0.2) is 4.79 Å². The molecule has 4 N–H and O–H groups in total. The Labute approximate surface area is 262 Å². The van der Waals surface area contributed by atoms with Crippen LogP contribution in [0.4, 0.5) is 17.1 Å². The number of nitrogens with zero attached hydrogens (tertiary/aromatic N) is 1. The molecular formula is C33H28N4O7S. The molecule has 4 rings (SSSR count). The first kappa shape index (κ1) is 32.2. The zero-order chi connectivity index (χ0) is 32.3. The number of carbonyl (C=O) groups is 4. The Morgan fingerprint density at radius 3 is 2.20 bits per heavy atom. The van der Waals surface area contributed by atoms with Crippen molar-refractivity contribution in [3.05, 3.63) is 136 Å². The number of carboxylic acid groups (broad SMARTS) is 1. The molecule has 3 amide bonds. The smallest absolute Gasteiger partial charge is 0.335 e. The molecule has 0 aliphatic rings. The van der Waals surface area contributed by atoms with Crippen molar-refractivity contribution in [2.75, 3.05) is 10.6 Å². The summed E-state index contributed by atoms with van der Waals surface area (Å²) in [5.74, 6) is -2.63. The van der Waals surface area contributed by atoms with E-state index in [0.717, 1.165) is 0 Å². The van der Waals surface area contributed by atoms with Crippen LogP contribution in [0.5, 0.6) is 0 Å². The molecular weight excluding hydrogens is 596 g/mol. The van der Waals surface area contributed by atoms with Crippen molar-refractivity contribution in [3.63, 3.8) is 0 Å². The average Bonchev–Trinajstić information content (AvgIpc) is 3.04. The number of amides is 3. The molecule has 4 aromatic rings. The second-order valence-electron chi connectivity index (χ2n) is 9.56. The molecule has 1 atom stereocenters. The molecule has 0 spiro atoms. The summed E-state index contributed by atoms with van der Waals surface area (Å²) in [5.41, 5.74) is 0.895. The highest BCUT2D eigenvalue weighted by Crippen LogP contribution is 2.29. The van der Waals surface area contributed by atoms with Crippen LogP contribution in [0.15, 0.2) is 114 Å². The van der Waals surface area contributed by atoms with Gasteiger partial charge in [-0.1, -0.05) is 43.3 Å². The number of anilines is 2. The molecule has 0 aliphatic carbocycles. The number of aromatic carboxylic acids is 1. The number of carboxylic acids is 1. The quantitative estimate of drug-likeness (QED) is 0.0624. The van der Waals surface area contributed by atoms with Crippen molar-refractivity contribution in [1.82, 2.24) is 5.32 Å². The van der Waals surface area contributed by atoms with E-state index in [1.165, 1.54) is 60.3 Å². The van der Waals surface area contributed by atoms with Crippen molar-refractivity contribution in [1.29, 1.82) is 0 Å². The minimum Gasteiger partial charge on any atom is -0.478 e. The van der Waals surface area contributed by atoms with Gasteiger partial charge in [-0.15, -0.1) is 11.8 Å². The second kappa shape index (κ2) is 15.1. The summed E-state index contributed by atoms with van der Waals surface area (Å²) >= 11 is 1.27. The Morgan fingerprint density at radius 1 is 0.844 bits per heavy atom. The van der Waals surface area contributed by atoms with Crippen LogP contribution in [0.1, 0.15) is 39.6 Å². The van der Waals surface area contributed by atoms with E-state index in [9.17, 15) is 29.3 Å². The van der Waals surface area contributed by atoms with Crippen LogP contribution < -0.4 is 16.0 Å². The number of carbonyl (C=O) groups excluding carboxylic acids is 3. The Bertz CT molecular complexity index is 1760. The van der Waals surface area contributed by atoms with Gasteiger partial charge in [0.25, 0.3) is 17.5 Å². The molecule has 1 unspecified atom stereocenters. The summed E-state index contributed by atoms with van der Waals surface area (Å²) in [6.45, 7) is 1.85. The van der Waals surface area contributed by atoms with Crippen LogP contribution in [0, 0.1) is 10.1 Å². The molecule has 0 bridgehead atoms. The summed E-state index contributed by atoms with van der Waals surface area (Å²) in [6.07, 6.45) is 1.72. The lowest BCUT2D eigenvalue weighted by Crippen LogP contribution is -2.30. The highest BCUT2D eigenvalue weighted by Gasteiger charge is 2.21. The van der Waals surface area contributed by atoms with Gasteiger partial charge in [-0.3, -0.25) is 24.5 Å². The van der Waals surface area contributed by atoms with Crippen LogP contribution in [0.3, 0.4) is 0 Å². The molecule has 228 valence electrons. The van der Waals surface area contributed by atoms with Crippen LogP contribution in [-0.4, -0.2) is 39.0 Å². The molecule has 0 radical (unpaired) electrons. The average molecular weight is 625 g/mol. The van der Waals surface area contributed by atoms with Crippen molar-refractivity contribution in [3.8, 4) is 0 Å². The van der Waals surface area contributed by atoms with Gasteiger partial charge in [-0.2, -0.15) is 0 Å². The van der Waals surface area contributed by atoms with E-state index in [0.29, 0.717) is 28.3 Å². The van der Waals surface area contributed by atoms with Crippen molar-refractivity contribution >= 4 is 58.6 Å². The first-order valence-electron chi connectivity index (χ1n) is 13.7. The molecule has 45 heavy (non-hydrogen) atoms. The number of rotatable bonds is 12. The number of para-hydroxylation sites is 1. The van der Waals surface area contributed by atoms with E-state index in [1.54, 1.807) is 60.7 Å². The third-order valence-corrected chi connectivity index (χ3v) is 7.75. The first-order chi connectivity index (χ1) is 21.6. The lowest BCUT2D eigenvalue weighted by molar-refractivity contribution is -0.385. The Hall–Kier alpha value is -5.75. The van der Waals surface area contributed by atoms with E-state index in [4.69, 9.17) is 5.11 Å². The Morgan fingerprint density at radius 2 is 1.53 bits per heavy atom. The summed E-state index contributed by atoms with van der Waals surface area (Å²) in [4.78, 5) is 62.1. The van der Waals surface area contributed by atoms with E-state index >= 15 is 0 Å². The van der Waals surface area contributed by atoms with Gasteiger partial charge in [0.15, 0.2) is 0 Å². The predicted octanol–water partition coefficient (Wildman–Crippen LogP) is 6.21. The summed E-state index contributed by atoms with van der Waals surface area (Å²) in [5, 5.41) is 28.2. The van der Waals surface area contributed by atoms with Crippen LogP contribution in [0.2, 0.25) is 0 Å². The number of benzene rings is 4. The molecule has 12 heteroatoms. The van der Waals surface area contributed by atoms with E-state index in [2.05, 4.69) is 16.0 Å². The molecule has 11 nitrogen and oxygen atoms in total. The molecule has 0 heterocycles. The van der Waals surface area contributed by atoms with Gasteiger partial charge < -0.3 is 21.1 Å². The van der Waals surface area contributed by atoms with Gasteiger partial charge in [-0.05, 0) is 73.2 Å². The number of nitro groups is 1. The molecule has 0 fully saturated rings. The first-order valence-corrected chi connectivity index (χ1v) is 14.6. The number of nitro benzene ring substituents is 1. The predicted molar refractivity (Wildman–Crippen MR) is 172 cm³/mol. The van der Waals surface area contributed by atoms with E-state index in [1.807, 2.05) is 6.92 Å². The fraction of sp³-hybridized carbons (Fsp3) is 0.0909. The van der Waals surface area contributed by atoms with Crippen LogP contribution >= 0.6 is 11.8 Å². The number of thioether (sulfide) groups is 1. The van der Waals surface area contributed by atoms with Crippen LogP contribution in [-0.2, 0) is 9.59 Å². The van der Waals surface area contributed by atoms with Gasteiger partial charge in [0.05, 0.1) is 21.3 Å². The summed E-state index contributed by atoms with van der Waals surface area (Å²) < 4.78 is 0.